The monoisotopic (exact) mass is 458 g/mol. The van der Waals surface area contributed by atoms with Gasteiger partial charge in [0.1, 0.15) is 12.2 Å². The summed E-state index contributed by atoms with van der Waals surface area (Å²) in [7, 11) is -3.89. The summed E-state index contributed by atoms with van der Waals surface area (Å²) in [6, 6.07) is 5.14. The van der Waals surface area contributed by atoms with E-state index in [9.17, 15) is 28.5 Å². The quantitative estimate of drug-likeness (QED) is 0.603. The molecular weight excluding hydrogens is 436 g/mol. The van der Waals surface area contributed by atoms with Gasteiger partial charge in [0.25, 0.3) is 0 Å². The smallest absolute Gasteiger partial charge is 0.332 e. The van der Waals surface area contributed by atoms with Gasteiger partial charge >= 0.3 is 5.97 Å². The average Bonchev–Trinajstić information content (AvgIpc) is 3.30. The first-order chi connectivity index (χ1) is 14.2. The summed E-state index contributed by atoms with van der Waals surface area (Å²) in [6.45, 7) is -0.824. The van der Waals surface area contributed by atoms with Gasteiger partial charge in [-0.15, -0.1) is 0 Å². The summed E-state index contributed by atoms with van der Waals surface area (Å²) in [6.07, 6.45) is 0.495. The summed E-state index contributed by atoms with van der Waals surface area (Å²) in [4.78, 5) is 12.0. The zero-order valence-electron chi connectivity index (χ0n) is 16.0. The molecule has 3 aliphatic rings. The Balaban J connectivity index is 1.69. The molecule has 0 radical (unpaired) electrons. The summed E-state index contributed by atoms with van der Waals surface area (Å²) in [5.74, 6) is -2.84. The minimum Gasteiger partial charge on any atom is -0.478 e. The van der Waals surface area contributed by atoms with Crippen molar-refractivity contribution in [1.29, 1.82) is 0 Å². The topological polar surface area (TPSA) is 130 Å². The minimum atomic E-state index is -3.89. The van der Waals surface area contributed by atoms with Crippen molar-refractivity contribution in [2.75, 3.05) is 13.2 Å². The third-order valence-electron chi connectivity index (χ3n) is 6.15. The second-order valence-corrected chi connectivity index (χ2v) is 10.6. The van der Waals surface area contributed by atoms with Crippen molar-refractivity contribution in [3.8, 4) is 0 Å². The van der Waals surface area contributed by atoms with E-state index in [4.69, 9.17) is 21.1 Å². The number of carbonyl (C=O) groups is 1. The fourth-order valence-electron chi connectivity index (χ4n) is 4.73. The van der Waals surface area contributed by atoms with Gasteiger partial charge in [-0.25, -0.2) is 13.2 Å². The number of aliphatic hydroxyl groups is 2. The molecule has 30 heavy (non-hydrogen) atoms. The molecule has 0 amide bonds. The standard InChI is InChI=1S/C20H23ClO8S/c21-14-3-1-2-12-11(14)4-5-17(12)30(26,27)18-6-7-20(8-13(18)19(24)25)28-15(9-22)16(10-23)29-20/h1-3,8,15-18,22-23H,4-7,9-10H2,(H,24,25)/t15-,16-,17?,18?/m0/s1. The summed E-state index contributed by atoms with van der Waals surface area (Å²) >= 11 is 6.21. The van der Waals surface area contributed by atoms with Crippen molar-refractivity contribution in [1.82, 2.24) is 0 Å². The number of hydrogen-bond donors (Lipinski definition) is 3. The van der Waals surface area contributed by atoms with E-state index in [-0.39, 0.29) is 18.4 Å². The van der Waals surface area contributed by atoms with Gasteiger partial charge < -0.3 is 24.8 Å². The Kier molecular flexibility index (Phi) is 5.71. The number of rotatable bonds is 5. The number of carboxylic acids is 1. The molecule has 2 unspecified atom stereocenters. The average molecular weight is 459 g/mol. The van der Waals surface area contributed by atoms with Gasteiger partial charge in [0.15, 0.2) is 15.6 Å². The summed E-state index contributed by atoms with van der Waals surface area (Å²) in [5.41, 5.74) is 1.11. The van der Waals surface area contributed by atoms with Crippen LogP contribution < -0.4 is 0 Å². The fraction of sp³-hybridized carbons (Fsp3) is 0.550. The molecule has 3 N–H and O–H groups in total. The van der Waals surface area contributed by atoms with E-state index >= 15 is 0 Å². The fourth-order valence-corrected chi connectivity index (χ4v) is 7.39. The number of ether oxygens (including phenoxy) is 2. The third kappa shape index (κ3) is 3.47. The molecule has 1 fully saturated rings. The van der Waals surface area contributed by atoms with Gasteiger partial charge in [0.2, 0.25) is 0 Å². The van der Waals surface area contributed by atoms with E-state index in [0.29, 0.717) is 23.4 Å². The molecule has 164 valence electrons. The van der Waals surface area contributed by atoms with Crippen LogP contribution in [0.5, 0.6) is 0 Å². The molecule has 1 saturated heterocycles. The number of benzene rings is 1. The molecule has 1 heterocycles. The maximum Gasteiger partial charge on any atom is 0.332 e. The number of fused-ring (bicyclic) bond motifs is 1. The van der Waals surface area contributed by atoms with Crippen LogP contribution in [0.25, 0.3) is 0 Å². The second kappa shape index (κ2) is 7.89. The summed E-state index contributed by atoms with van der Waals surface area (Å²) in [5, 5.41) is 27.1. The molecule has 1 aromatic rings. The molecule has 0 saturated carbocycles. The molecule has 4 rings (SSSR count). The van der Waals surface area contributed by atoms with Gasteiger partial charge in [-0.1, -0.05) is 23.7 Å². The highest BCUT2D eigenvalue weighted by atomic mass is 35.5. The molecular formula is C20H23ClO8S. The first kappa shape index (κ1) is 21.7. The van der Waals surface area contributed by atoms with E-state index in [0.717, 1.165) is 5.56 Å². The maximum atomic E-state index is 13.5. The molecule has 1 spiro atoms. The largest absolute Gasteiger partial charge is 0.478 e. The lowest BCUT2D eigenvalue weighted by atomic mass is 9.94. The molecule has 4 atom stereocenters. The van der Waals surface area contributed by atoms with Gasteiger partial charge in [-0.3, -0.25) is 0 Å². The molecule has 0 bridgehead atoms. The number of aliphatic carboxylic acids is 1. The third-order valence-corrected chi connectivity index (χ3v) is 9.07. The Morgan fingerprint density at radius 1 is 1.13 bits per heavy atom. The number of hydrogen-bond acceptors (Lipinski definition) is 7. The van der Waals surface area contributed by atoms with Crippen molar-refractivity contribution in [2.24, 2.45) is 0 Å². The van der Waals surface area contributed by atoms with Crippen LogP contribution in [0, 0.1) is 0 Å². The van der Waals surface area contributed by atoms with E-state index in [1.807, 2.05) is 0 Å². The Morgan fingerprint density at radius 3 is 2.40 bits per heavy atom. The Hall–Kier alpha value is -1.49. The lowest BCUT2D eigenvalue weighted by molar-refractivity contribution is -0.153. The predicted molar refractivity (Wildman–Crippen MR) is 107 cm³/mol. The van der Waals surface area contributed by atoms with Gasteiger partial charge in [0, 0.05) is 11.4 Å². The van der Waals surface area contributed by atoms with Crippen LogP contribution in [0.3, 0.4) is 0 Å². The van der Waals surface area contributed by atoms with Crippen LogP contribution >= 0.6 is 11.6 Å². The number of carboxylic acid groups (broad SMARTS) is 1. The van der Waals surface area contributed by atoms with Crippen molar-refractivity contribution in [3.05, 3.63) is 46.0 Å². The zero-order chi connectivity index (χ0) is 21.7. The van der Waals surface area contributed by atoms with Crippen molar-refractivity contribution in [2.45, 2.75) is 54.2 Å². The Labute approximate surface area is 179 Å². The van der Waals surface area contributed by atoms with Crippen LogP contribution in [0.15, 0.2) is 29.8 Å². The van der Waals surface area contributed by atoms with Crippen molar-refractivity contribution < 1.29 is 38.0 Å². The van der Waals surface area contributed by atoms with Crippen LogP contribution in [-0.4, -0.2) is 66.2 Å². The van der Waals surface area contributed by atoms with Gasteiger partial charge in [-0.05, 0) is 42.5 Å². The van der Waals surface area contributed by atoms with E-state index in [1.165, 1.54) is 6.08 Å². The molecule has 10 heteroatoms. The molecule has 8 nitrogen and oxygen atoms in total. The first-order valence-electron chi connectivity index (χ1n) is 9.76. The highest BCUT2D eigenvalue weighted by Crippen LogP contribution is 2.47. The Morgan fingerprint density at radius 2 is 1.80 bits per heavy atom. The Bertz CT molecular complexity index is 977. The second-order valence-electron chi connectivity index (χ2n) is 7.85. The van der Waals surface area contributed by atoms with Crippen LogP contribution in [0.1, 0.15) is 35.6 Å². The first-order valence-corrected chi connectivity index (χ1v) is 11.7. The number of sulfone groups is 1. The lowest BCUT2D eigenvalue weighted by Gasteiger charge is -2.34. The highest BCUT2D eigenvalue weighted by molar-refractivity contribution is 7.92. The SMILES string of the molecule is O=C(O)C1=CC2(CCC1S(=O)(=O)C1CCc3c(Cl)cccc31)O[C@@H](CO)[C@H](CO)O2. The van der Waals surface area contributed by atoms with Crippen molar-refractivity contribution in [3.63, 3.8) is 0 Å². The van der Waals surface area contributed by atoms with E-state index in [1.54, 1.807) is 18.2 Å². The lowest BCUT2D eigenvalue weighted by Crippen LogP contribution is -2.41. The molecule has 1 aliphatic heterocycles. The van der Waals surface area contributed by atoms with Crippen LogP contribution in [-0.2, 0) is 30.5 Å². The van der Waals surface area contributed by atoms with Crippen LogP contribution in [0.4, 0.5) is 0 Å². The predicted octanol–water partition coefficient (Wildman–Crippen LogP) is 1.38. The number of halogens is 1. The van der Waals surface area contributed by atoms with Crippen molar-refractivity contribution >= 4 is 27.4 Å². The van der Waals surface area contributed by atoms with E-state index in [2.05, 4.69) is 0 Å². The highest BCUT2D eigenvalue weighted by Gasteiger charge is 2.52. The number of aliphatic hydroxyl groups excluding tert-OH is 2. The zero-order valence-corrected chi connectivity index (χ0v) is 17.6. The van der Waals surface area contributed by atoms with Crippen LogP contribution in [0.2, 0.25) is 5.02 Å². The maximum absolute atomic E-state index is 13.5. The van der Waals surface area contributed by atoms with Gasteiger partial charge in [-0.2, -0.15) is 0 Å². The summed E-state index contributed by atoms with van der Waals surface area (Å²) < 4.78 is 38.4. The molecule has 0 aromatic heterocycles. The van der Waals surface area contributed by atoms with Gasteiger partial charge in [0.05, 0.1) is 29.3 Å². The molecule has 1 aromatic carbocycles. The molecule has 2 aliphatic carbocycles. The minimum absolute atomic E-state index is 0.0108. The normalized spacial score (nSPS) is 30.3. The van der Waals surface area contributed by atoms with E-state index < -0.39 is 57.5 Å².